The molecule has 1 aromatic heterocycles. The van der Waals surface area contributed by atoms with E-state index in [0.717, 1.165) is 12.1 Å². The van der Waals surface area contributed by atoms with Gasteiger partial charge in [-0.2, -0.15) is 10.5 Å². The lowest BCUT2D eigenvalue weighted by molar-refractivity contribution is -0.106. The third-order valence-electron chi connectivity index (χ3n) is 5.59. The van der Waals surface area contributed by atoms with E-state index in [0.29, 0.717) is 59.0 Å². The summed E-state index contributed by atoms with van der Waals surface area (Å²) in [7, 11) is 1.91. The molecule has 186 valence electrons. The van der Waals surface area contributed by atoms with Crippen LogP contribution in [0.3, 0.4) is 0 Å². The number of aldehydes is 1. The van der Waals surface area contributed by atoms with Gasteiger partial charge < -0.3 is 26.5 Å². The van der Waals surface area contributed by atoms with Gasteiger partial charge in [-0.1, -0.05) is 31.2 Å². The van der Waals surface area contributed by atoms with E-state index in [-0.39, 0.29) is 13.1 Å². The van der Waals surface area contributed by atoms with Crippen molar-refractivity contribution in [1.82, 2.24) is 10.3 Å². The number of aromatic nitrogens is 1. The molecule has 1 saturated heterocycles. The highest BCUT2D eigenvalue weighted by Crippen LogP contribution is 2.34. The van der Waals surface area contributed by atoms with E-state index in [4.69, 9.17) is 15.5 Å². The van der Waals surface area contributed by atoms with Crippen molar-refractivity contribution >= 4 is 23.9 Å². The normalized spacial score (nSPS) is 17.1. The topological polar surface area (TPSA) is 145 Å². The van der Waals surface area contributed by atoms with Crippen molar-refractivity contribution in [2.75, 3.05) is 31.6 Å². The van der Waals surface area contributed by atoms with Gasteiger partial charge in [0.1, 0.15) is 35.4 Å². The van der Waals surface area contributed by atoms with E-state index in [1.807, 2.05) is 14.0 Å². The molecule has 1 aliphatic rings. The highest BCUT2D eigenvalue weighted by molar-refractivity contribution is 7.98. The summed E-state index contributed by atoms with van der Waals surface area (Å²) in [6, 6.07) is 12.2. The van der Waals surface area contributed by atoms with E-state index in [1.54, 1.807) is 4.90 Å². The van der Waals surface area contributed by atoms with Crippen molar-refractivity contribution in [2.24, 2.45) is 11.5 Å². The maximum absolute atomic E-state index is 14.3. The molecule has 35 heavy (non-hydrogen) atoms. The number of piperidine rings is 1. The SMILES string of the molecule is CCc1c(C#N)c(SCc2ccc(CNC)cc2)nc(N2CCC(N)C(F)C2)c1C#N.NCC=O. The standard InChI is InChI=1S/C23H27FN6S.C2H5NO/c1-3-17-18(10-25)22(30-9-8-21(27)20(24)13-30)29-23(19(17)11-26)31-14-16-6-4-15(5-7-16)12-28-2;3-1-2-4/h4-7,20-21,28H,3,8-9,12-14,27H2,1-2H3;2H,1,3H2. The van der Waals surface area contributed by atoms with Crippen LogP contribution < -0.4 is 21.7 Å². The number of rotatable bonds is 8. The van der Waals surface area contributed by atoms with Gasteiger partial charge in [-0.15, -0.1) is 11.8 Å². The van der Waals surface area contributed by atoms with Crippen LogP contribution in [0.25, 0.3) is 0 Å². The zero-order valence-corrected chi connectivity index (χ0v) is 20.9. The lowest BCUT2D eigenvalue weighted by Crippen LogP contribution is -2.49. The van der Waals surface area contributed by atoms with Crippen LogP contribution >= 0.6 is 11.8 Å². The van der Waals surface area contributed by atoms with Gasteiger partial charge in [0, 0.05) is 31.4 Å². The summed E-state index contributed by atoms with van der Waals surface area (Å²) in [5, 5.41) is 23.3. The summed E-state index contributed by atoms with van der Waals surface area (Å²) < 4.78 is 14.3. The molecule has 2 unspecified atom stereocenters. The van der Waals surface area contributed by atoms with Crippen LogP contribution in [-0.2, 0) is 23.5 Å². The predicted octanol–water partition coefficient (Wildman–Crippen LogP) is 2.42. The van der Waals surface area contributed by atoms with Crippen LogP contribution in [0.5, 0.6) is 0 Å². The molecule has 1 fully saturated rings. The van der Waals surface area contributed by atoms with Gasteiger partial charge in [0.15, 0.2) is 0 Å². The predicted molar refractivity (Wildman–Crippen MR) is 137 cm³/mol. The number of nitriles is 2. The number of alkyl halides is 1. The first-order valence-electron chi connectivity index (χ1n) is 11.4. The molecule has 1 aliphatic heterocycles. The minimum atomic E-state index is -1.17. The monoisotopic (exact) mass is 497 g/mol. The quantitative estimate of drug-likeness (QED) is 0.370. The highest BCUT2D eigenvalue weighted by atomic mass is 32.2. The summed E-state index contributed by atoms with van der Waals surface area (Å²) in [4.78, 5) is 15.5. The van der Waals surface area contributed by atoms with Crippen molar-refractivity contribution in [3.63, 3.8) is 0 Å². The zero-order valence-electron chi connectivity index (χ0n) is 20.1. The van der Waals surface area contributed by atoms with Crippen LogP contribution in [-0.4, -0.2) is 50.2 Å². The van der Waals surface area contributed by atoms with Gasteiger partial charge in [-0.25, -0.2) is 9.37 Å². The zero-order chi connectivity index (χ0) is 25.8. The lowest BCUT2D eigenvalue weighted by atomic mass is 9.99. The van der Waals surface area contributed by atoms with Gasteiger partial charge >= 0.3 is 0 Å². The van der Waals surface area contributed by atoms with Crippen LogP contribution in [0.15, 0.2) is 29.3 Å². The molecular weight excluding hydrogens is 465 g/mol. The van der Waals surface area contributed by atoms with Gasteiger partial charge in [-0.3, -0.25) is 0 Å². The Labute approximate surface area is 210 Å². The maximum atomic E-state index is 14.3. The number of halogens is 1. The summed E-state index contributed by atoms with van der Waals surface area (Å²) in [5.74, 6) is 1.10. The number of hydrogen-bond acceptors (Lipinski definition) is 9. The molecular formula is C25H32FN7OS. The Bertz CT molecular complexity index is 1070. The Balaban J connectivity index is 0.00000100. The van der Waals surface area contributed by atoms with Crippen LogP contribution in [0.4, 0.5) is 10.2 Å². The molecule has 2 atom stereocenters. The number of carbonyl (C=O) groups is 1. The number of nitrogens with two attached hydrogens (primary N) is 2. The Hall–Kier alpha value is -3.02. The molecule has 10 heteroatoms. The van der Waals surface area contributed by atoms with Crippen molar-refractivity contribution in [3.8, 4) is 12.1 Å². The molecule has 5 N–H and O–H groups in total. The first-order chi connectivity index (χ1) is 16.9. The number of nitrogens with one attached hydrogen (secondary N) is 1. The van der Waals surface area contributed by atoms with Crippen LogP contribution in [0, 0.1) is 22.7 Å². The minimum absolute atomic E-state index is 0.106. The second-order valence-electron chi connectivity index (χ2n) is 8.00. The fraction of sp³-hybridized carbons (Fsp3) is 0.440. The molecule has 8 nitrogen and oxygen atoms in total. The van der Waals surface area contributed by atoms with E-state index in [2.05, 4.69) is 47.5 Å². The third kappa shape index (κ3) is 7.48. The summed E-state index contributed by atoms with van der Waals surface area (Å²) in [5.41, 5.74) is 14.3. The summed E-state index contributed by atoms with van der Waals surface area (Å²) in [6.07, 6.45) is 0.506. The number of benzene rings is 1. The smallest absolute Gasteiger partial charge is 0.148 e. The average molecular weight is 498 g/mol. The summed E-state index contributed by atoms with van der Waals surface area (Å²) >= 11 is 1.47. The molecule has 0 amide bonds. The lowest BCUT2D eigenvalue weighted by Gasteiger charge is -2.34. The Kier molecular flexibility index (Phi) is 11.6. The number of pyridine rings is 1. The van der Waals surface area contributed by atoms with Gasteiger partial charge in [-0.05, 0) is 36.6 Å². The van der Waals surface area contributed by atoms with E-state index in [1.165, 1.54) is 17.3 Å². The number of anilines is 1. The molecule has 2 heterocycles. The number of hydrogen-bond donors (Lipinski definition) is 3. The molecule has 0 saturated carbocycles. The fourth-order valence-corrected chi connectivity index (χ4v) is 4.70. The van der Waals surface area contributed by atoms with E-state index < -0.39 is 12.2 Å². The number of nitrogens with zero attached hydrogens (tertiary/aromatic N) is 4. The van der Waals surface area contributed by atoms with Gasteiger partial charge in [0.05, 0.1) is 17.7 Å². The fourth-order valence-electron chi connectivity index (χ4n) is 3.74. The molecule has 0 aliphatic carbocycles. The second kappa shape index (κ2) is 14.4. The first-order valence-corrected chi connectivity index (χ1v) is 12.4. The minimum Gasteiger partial charge on any atom is -0.352 e. The Morgan fingerprint density at radius 1 is 1.26 bits per heavy atom. The molecule has 0 spiro atoms. The number of thioether (sulfide) groups is 1. The van der Waals surface area contributed by atoms with Crippen LogP contribution in [0.2, 0.25) is 0 Å². The maximum Gasteiger partial charge on any atom is 0.148 e. The largest absolute Gasteiger partial charge is 0.352 e. The Morgan fingerprint density at radius 3 is 2.40 bits per heavy atom. The van der Waals surface area contributed by atoms with Crippen molar-refractivity contribution in [2.45, 2.75) is 49.3 Å². The van der Waals surface area contributed by atoms with Gasteiger partial charge in [0.2, 0.25) is 0 Å². The van der Waals surface area contributed by atoms with Crippen molar-refractivity contribution < 1.29 is 9.18 Å². The van der Waals surface area contributed by atoms with Crippen molar-refractivity contribution in [3.05, 3.63) is 52.1 Å². The van der Waals surface area contributed by atoms with Crippen LogP contribution in [0.1, 0.15) is 41.2 Å². The molecule has 2 aromatic rings. The first kappa shape index (κ1) is 28.2. The van der Waals surface area contributed by atoms with Crippen molar-refractivity contribution in [1.29, 1.82) is 10.5 Å². The average Bonchev–Trinajstić information content (AvgIpc) is 2.89. The summed E-state index contributed by atoms with van der Waals surface area (Å²) in [6.45, 7) is 3.51. The van der Waals surface area contributed by atoms with E-state index in [9.17, 15) is 14.9 Å². The third-order valence-corrected chi connectivity index (χ3v) is 6.64. The molecule has 0 bridgehead atoms. The highest BCUT2D eigenvalue weighted by Gasteiger charge is 2.30. The molecule has 3 rings (SSSR count). The molecule has 0 radical (unpaired) electrons. The second-order valence-corrected chi connectivity index (χ2v) is 8.96. The molecule has 1 aromatic carbocycles. The number of carbonyl (C=O) groups excluding carboxylic acids is 1. The van der Waals surface area contributed by atoms with Gasteiger partial charge in [0.25, 0.3) is 0 Å². The van der Waals surface area contributed by atoms with E-state index >= 15 is 0 Å². The Morgan fingerprint density at radius 2 is 1.89 bits per heavy atom.